The third-order valence-corrected chi connectivity index (χ3v) is 4.58. The van der Waals surface area contributed by atoms with Crippen molar-refractivity contribution in [2.75, 3.05) is 0 Å². The Kier molecular flexibility index (Phi) is 3.34. The van der Waals surface area contributed by atoms with Gasteiger partial charge in [-0.1, -0.05) is 6.07 Å². The first-order valence-electron chi connectivity index (χ1n) is 7.67. The second-order valence-electron chi connectivity index (χ2n) is 6.11. The van der Waals surface area contributed by atoms with Crippen LogP contribution in [0.4, 0.5) is 5.69 Å². The summed E-state index contributed by atoms with van der Waals surface area (Å²) in [6.07, 6.45) is 1.89. The van der Waals surface area contributed by atoms with E-state index in [2.05, 4.69) is 0 Å². The van der Waals surface area contributed by atoms with Gasteiger partial charge in [0.2, 0.25) is 0 Å². The number of ether oxygens (including phenoxy) is 3. The highest BCUT2D eigenvalue weighted by Gasteiger charge is 2.47. The fraction of sp³-hybridized carbons (Fsp3) is 0.294. The Bertz CT molecular complexity index is 870. The number of nitro benzene ring substituents is 1. The summed E-state index contributed by atoms with van der Waals surface area (Å²) in [5.74, 6) is -1.26. The molecule has 8 heteroatoms. The molecule has 1 aromatic carbocycles. The molecule has 2 aliphatic heterocycles. The smallest absolute Gasteiger partial charge is 0.338 e. The highest BCUT2D eigenvalue weighted by Crippen LogP contribution is 2.48. The van der Waals surface area contributed by atoms with E-state index in [9.17, 15) is 19.7 Å². The first-order valence-corrected chi connectivity index (χ1v) is 7.67. The number of benzene rings is 1. The molecule has 4 rings (SSSR count). The highest BCUT2D eigenvalue weighted by molar-refractivity contribution is 5.92. The number of cyclic esters (lactones) is 1. The molecular weight excluding hydrogens is 330 g/mol. The van der Waals surface area contributed by atoms with Crippen LogP contribution in [0.15, 0.2) is 41.7 Å². The van der Waals surface area contributed by atoms with Crippen LogP contribution >= 0.6 is 0 Å². The maximum absolute atomic E-state index is 12.1. The van der Waals surface area contributed by atoms with E-state index in [4.69, 9.17) is 14.2 Å². The normalized spacial score (nSPS) is 28.3. The maximum atomic E-state index is 12.1. The number of hydrogen-bond donors (Lipinski definition) is 0. The van der Waals surface area contributed by atoms with Crippen molar-refractivity contribution in [2.24, 2.45) is 5.92 Å². The minimum Gasteiger partial charge on any atom is -0.458 e. The van der Waals surface area contributed by atoms with Gasteiger partial charge in [-0.3, -0.25) is 10.1 Å². The van der Waals surface area contributed by atoms with Crippen molar-refractivity contribution < 1.29 is 28.7 Å². The molecule has 1 fully saturated rings. The van der Waals surface area contributed by atoms with Gasteiger partial charge in [0.25, 0.3) is 12.0 Å². The SMILES string of the molecule is CC1=CC(O/C=C2/C(=O)O[C@@H]3c4cc([N+](=O)[O-])ccc4C[C@H]23)OC1=O. The lowest BCUT2D eigenvalue weighted by Gasteiger charge is -2.09. The first kappa shape index (κ1) is 15.4. The van der Waals surface area contributed by atoms with Gasteiger partial charge in [-0.15, -0.1) is 0 Å². The monoisotopic (exact) mass is 343 g/mol. The number of fused-ring (bicyclic) bond motifs is 3. The van der Waals surface area contributed by atoms with Crippen molar-refractivity contribution in [3.63, 3.8) is 0 Å². The van der Waals surface area contributed by atoms with E-state index in [0.29, 0.717) is 23.1 Å². The van der Waals surface area contributed by atoms with Crippen LogP contribution in [0.2, 0.25) is 0 Å². The number of nitrogens with zero attached hydrogens (tertiary/aromatic N) is 1. The van der Waals surface area contributed by atoms with Crippen LogP contribution in [0.3, 0.4) is 0 Å². The van der Waals surface area contributed by atoms with Crippen LogP contribution in [0.25, 0.3) is 0 Å². The van der Waals surface area contributed by atoms with Crippen molar-refractivity contribution in [1.29, 1.82) is 0 Å². The highest BCUT2D eigenvalue weighted by atomic mass is 16.7. The molecule has 8 nitrogen and oxygen atoms in total. The largest absolute Gasteiger partial charge is 0.458 e. The number of rotatable bonds is 3. The molecule has 0 spiro atoms. The number of non-ortho nitro benzene ring substituents is 1. The summed E-state index contributed by atoms with van der Waals surface area (Å²) in [6.45, 7) is 1.61. The van der Waals surface area contributed by atoms with Crippen molar-refractivity contribution in [2.45, 2.75) is 25.7 Å². The van der Waals surface area contributed by atoms with Gasteiger partial charge in [-0.05, 0) is 18.9 Å². The second-order valence-corrected chi connectivity index (χ2v) is 6.11. The Balaban J connectivity index is 1.57. The molecule has 25 heavy (non-hydrogen) atoms. The first-order chi connectivity index (χ1) is 11.9. The van der Waals surface area contributed by atoms with Crippen LogP contribution in [0.1, 0.15) is 24.2 Å². The van der Waals surface area contributed by atoms with E-state index < -0.39 is 29.3 Å². The lowest BCUT2D eigenvalue weighted by Crippen LogP contribution is -2.11. The fourth-order valence-electron chi connectivity index (χ4n) is 3.31. The molecule has 1 aromatic rings. The zero-order valence-electron chi connectivity index (χ0n) is 13.1. The van der Waals surface area contributed by atoms with Gasteiger partial charge in [-0.25, -0.2) is 9.59 Å². The molecule has 1 saturated heterocycles. The summed E-state index contributed by atoms with van der Waals surface area (Å²) >= 11 is 0. The quantitative estimate of drug-likeness (QED) is 0.272. The van der Waals surface area contributed by atoms with Gasteiger partial charge in [0, 0.05) is 35.3 Å². The summed E-state index contributed by atoms with van der Waals surface area (Å²) in [5.41, 5.74) is 2.29. The van der Waals surface area contributed by atoms with E-state index in [0.717, 1.165) is 5.56 Å². The molecule has 1 unspecified atom stereocenters. The van der Waals surface area contributed by atoms with E-state index in [1.165, 1.54) is 24.5 Å². The molecule has 128 valence electrons. The van der Waals surface area contributed by atoms with Crippen LogP contribution in [0, 0.1) is 16.0 Å². The number of hydrogen-bond acceptors (Lipinski definition) is 7. The van der Waals surface area contributed by atoms with Crippen molar-refractivity contribution in [3.8, 4) is 0 Å². The van der Waals surface area contributed by atoms with Gasteiger partial charge in [0.1, 0.15) is 6.10 Å². The van der Waals surface area contributed by atoms with Gasteiger partial charge < -0.3 is 14.2 Å². The Morgan fingerprint density at radius 2 is 2.08 bits per heavy atom. The molecule has 0 radical (unpaired) electrons. The van der Waals surface area contributed by atoms with Gasteiger partial charge in [-0.2, -0.15) is 0 Å². The predicted molar refractivity (Wildman–Crippen MR) is 81.9 cm³/mol. The molecule has 0 aromatic heterocycles. The molecule has 0 N–H and O–H groups in total. The summed E-state index contributed by atoms with van der Waals surface area (Å²) in [5, 5.41) is 10.9. The minimum atomic E-state index is -0.864. The maximum Gasteiger partial charge on any atom is 0.338 e. The summed E-state index contributed by atoms with van der Waals surface area (Å²) in [4.78, 5) is 33.9. The molecule has 3 aliphatic rings. The summed E-state index contributed by atoms with van der Waals surface area (Å²) < 4.78 is 15.7. The average Bonchev–Trinajstić information content (AvgIpc) is 3.17. The summed E-state index contributed by atoms with van der Waals surface area (Å²) in [7, 11) is 0. The fourth-order valence-corrected chi connectivity index (χ4v) is 3.31. The molecular formula is C17H13NO7. The third kappa shape index (κ3) is 2.46. The molecule has 2 heterocycles. The zero-order chi connectivity index (χ0) is 17.7. The molecule has 0 amide bonds. The van der Waals surface area contributed by atoms with Crippen molar-refractivity contribution in [1.82, 2.24) is 0 Å². The van der Waals surface area contributed by atoms with E-state index in [1.807, 2.05) is 0 Å². The Hall–Kier alpha value is -3.16. The molecule has 0 bridgehead atoms. The third-order valence-electron chi connectivity index (χ3n) is 4.58. The van der Waals surface area contributed by atoms with E-state index >= 15 is 0 Å². The lowest BCUT2D eigenvalue weighted by molar-refractivity contribution is -0.385. The minimum absolute atomic E-state index is 0.0393. The van der Waals surface area contributed by atoms with Crippen LogP contribution in [-0.4, -0.2) is 23.2 Å². The molecule has 1 aliphatic carbocycles. The van der Waals surface area contributed by atoms with Crippen LogP contribution in [0.5, 0.6) is 0 Å². The van der Waals surface area contributed by atoms with E-state index in [-0.39, 0.29) is 11.6 Å². The number of carbonyl (C=O) groups excluding carboxylic acids is 2. The molecule has 3 atom stereocenters. The average molecular weight is 343 g/mol. The number of esters is 2. The standard InChI is InChI=1S/C17H13NO7/c1-8-4-14(24-16(8)19)23-7-13-12-5-9-2-3-10(18(21)22)6-11(9)15(12)25-17(13)20/h2-4,6-7,12,14-15H,5H2,1H3/b13-7+/t12-,14?,15-/m1/s1. The Morgan fingerprint density at radius 3 is 2.76 bits per heavy atom. The second kappa shape index (κ2) is 5.44. The topological polar surface area (TPSA) is 105 Å². The number of nitro groups is 1. The zero-order valence-corrected chi connectivity index (χ0v) is 13.1. The molecule has 0 saturated carbocycles. The Labute approximate surface area is 141 Å². The van der Waals surface area contributed by atoms with Crippen molar-refractivity contribution >= 4 is 17.6 Å². The van der Waals surface area contributed by atoms with Gasteiger partial charge in [0.15, 0.2) is 0 Å². The van der Waals surface area contributed by atoms with Crippen LogP contribution in [-0.2, 0) is 30.2 Å². The number of carbonyl (C=O) groups is 2. The summed E-state index contributed by atoms with van der Waals surface area (Å²) in [6, 6.07) is 4.57. The van der Waals surface area contributed by atoms with E-state index in [1.54, 1.807) is 13.0 Å². The van der Waals surface area contributed by atoms with Crippen LogP contribution < -0.4 is 0 Å². The van der Waals surface area contributed by atoms with Gasteiger partial charge in [0.05, 0.1) is 16.8 Å². The Morgan fingerprint density at radius 1 is 1.28 bits per heavy atom. The van der Waals surface area contributed by atoms with Crippen molar-refractivity contribution in [3.05, 3.63) is 62.9 Å². The lowest BCUT2D eigenvalue weighted by atomic mass is 9.98. The van der Waals surface area contributed by atoms with Gasteiger partial charge >= 0.3 is 11.9 Å². The predicted octanol–water partition coefficient (Wildman–Crippen LogP) is 2.09.